The van der Waals surface area contributed by atoms with Crippen LogP contribution >= 0.6 is 11.8 Å². The molecular weight excluding hydrogens is 242 g/mol. The number of rotatable bonds is 3. The van der Waals surface area contributed by atoms with Gasteiger partial charge in [-0.25, -0.2) is 0 Å². The molecule has 3 rings (SSSR count). The number of hydrogen-bond donors (Lipinski definition) is 1. The summed E-state index contributed by atoms with van der Waals surface area (Å²) in [7, 11) is 0. The summed E-state index contributed by atoms with van der Waals surface area (Å²) in [6.45, 7) is 0. The first kappa shape index (κ1) is 11.4. The zero-order valence-corrected chi connectivity index (χ0v) is 10.6. The minimum absolute atomic E-state index is 0.0187. The summed E-state index contributed by atoms with van der Waals surface area (Å²) >= 11 is 1.63. The van der Waals surface area contributed by atoms with Gasteiger partial charge in [0.25, 0.3) is 0 Å². The van der Waals surface area contributed by atoms with Gasteiger partial charge in [-0.15, -0.1) is 11.8 Å². The number of carbonyl (C=O) groups excluding carboxylic acids is 1. The second kappa shape index (κ2) is 4.86. The molecule has 1 aliphatic rings. The van der Waals surface area contributed by atoms with Gasteiger partial charge in [-0.2, -0.15) is 0 Å². The molecule has 0 bridgehead atoms. The number of thioether (sulfide) groups is 1. The van der Waals surface area contributed by atoms with Crippen molar-refractivity contribution in [1.29, 1.82) is 0 Å². The lowest BCUT2D eigenvalue weighted by Crippen LogP contribution is -2.53. The van der Waals surface area contributed by atoms with E-state index in [1.54, 1.807) is 11.8 Å². The lowest BCUT2D eigenvalue weighted by Gasteiger charge is -2.36. The van der Waals surface area contributed by atoms with Crippen LogP contribution in [0.3, 0.4) is 0 Å². The number of hydrogen-bond acceptors (Lipinski definition) is 2. The predicted molar refractivity (Wildman–Crippen MR) is 73.4 cm³/mol. The molecule has 2 aromatic carbocycles. The number of nitrogens with one attached hydrogen (secondary N) is 1. The van der Waals surface area contributed by atoms with E-state index in [1.165, 1.54) is 5.56 Å². The molecule has 0 aromatic heterocycles. The molecule has 2 aromatic rings. The lowest BCUT2D eigenvalue weighted by molar-refractivity contribution is -0.127. The van der Waals surface area contributed by atoms with Gasteiger partial charge in [-0.3, -0.25) is 4.79 Å². The molecule has 0 aliphatic carbocycles. The Morgan fingerprint density at radius 1 is 0.889 bits per heavy atom. The van der Waals surface area contributed by atoms with Gasteiger partial charge in [0.2, 0.25) is 5.91 Å². The van der Waals surface area contributed by atoms with E-state index in [9.17, 15) is 4.79 Å². The van der Waals surface area contributed by atoms with Gasteiger partial charge >= 0.3 is 0 Å². The Morgan fingerprint density at radius 2 is 1.50 bits per heavy atom. The number of β-lactam (4-membered cyclic amide) rings is 1. The summed E-state index contributed by atoms with van der Waals surface area (Å²) in [6, 6.07) is 20.3. The number of carbonyl (C=O) groups is 1. The molecule has 1 aliphatic heterocycles. The van der Waals surface area contributed by atoms with Gasteiger partial charge in [0, 0.05) is 4.90 Å². The first-order chi connectivity index (χ1) is 8.84. The average molecular weight is 255 g/mol. The van der Waals surface area contributed by atoms with Crippen LogP contribution in [0, 0.1) is 0 Å². The van der Waals surface area contributed by atoms with Crippen LogP contribution in [-0.2, 0) is 4.79 Å². The number of benzene rings is 2. The highest BCUT2D eigenvalue weighted by Crippen LogP contribution is 2.37. The van der Waals surface area contributed by atoms with Crippen LogP contribution in [0.25, 0.3) is 0 Å². The van der Waals surface area contributed by atoms with E-state index in [4.69, 9.17) is 0 Å². The zero-order chi connectivity index (χ0) is 12.4. The quantitative estimate of drug-likeness (QED) is 0.854. The van der Waals surface area contributed by atoms with Crippen LogP contribution < -0.4 is 5.32 Å². The van der Waals surface area contributed by atoms with Gasteiger partial charge in [-0.1, -0.05) is 48.5 Å². The molecule has 2 atom stereocenters. The van der Waals surface area contributed by atoms with Gasteiger partial charge < -0.3 is 5.32 Å². The second-order valence-corrected chi connectivity index (χ2v) is 5.46. The van der Waals surface area contributed by atoms with Crippen molar-refractivity contribution in [2.75, 3.05) is 0 Å². The predicted octanol–water partition coefficient (Wildman–Crippen LogP) is 3.02. The fourth-order valence-electron chi connectivity index (χ4n) is 2.05. The minimum atomic E-state index is -0.0187. The standard InChI is InChI=1S/C15H13NOS/c17-15-14(18-12-9-5-2-6-10-12)13(16-15)11-7-3-1-4-8-11/h1-10,13-14H,(H,16,17)/t13-,14-/m0/s1. The van der Waals surface area contributed by atoms with Crippen molar-refractivity contribution in [3.63, 3.8) is 0 Å². The summed E-state index contributed by atoms with van der Waals surface area (Å²) in [6.07, 6.45) is 0. The molecule has 1 saturated heterocycles. The first-order valence-electron chi connectivity index (χ1n) is 5.91. The van der Waals surface area contributed by atoms with Crippen molar-refractivity contribution in [3.05, 3.63) is 66.2 Å². The highest BCUT2D eigenvalue weighted by Gasteiger charge is 2.40. The van der Waals surface area contributed by atoms with E-state index in [1.807, 2.05) is 48.5 Å². The van der Waals surface area contributed by atoms with Crippen molar-refractivity contribution >= 4 is 17.7 Å². The molecule has 0 saturated carbocycles. The Labute approximate surface area is 110 Å². The lowest BCUT2D eigenvalue weighted by atomic mass is 9.97. The van der Waals surface area contributed by atoms with Crippen molar-refractivity contribution < 1.29 is 4.79 Å². The molecule has 1 N–H and O–H groups in total. The molecule has 3 heteroatoms. The minimum Gasteiger partial charge on any atom is -0.347 e. The molecule has 90 valence electrons. The Kier molecular flexibility index (Phi) is 3.07. The highest BCUT2D eigenvalue weighted by molar-refractivity contribution is 8.00. The zero-order valence-electron chi connectivity index (χ0n) is 9.74. The largest absolute Gasteiger partial charge is 0.347 e. The normalized spacial score (nSPS) is 22.1. The topological polar surface area (TPSA) is 29.1 Å². The van der Waals surface area contributed by atoms with Crippen LogP contribution in [0.4, 0.5) is 0 Å². The van der Waals surface area contributed by atoms with Gasteiger partial charge in [-0.05, 0) is 17.7 Å². The smallest absolute Gasteiger partial charge is 0.236 e. The maximum atomic E-state index is 11.7. The van der Waals surface area contributed by atoms with Crippen LogP contribution in [0.2, 0.25) is 0 Å². The van der Waals surface area contributed by atoms with E-state index in [0.717, 1.165) is 4.90 Å². The van der Waals surface area contributed by atoms with Crippen LogP contribution in [0.15, 0.2) is 65.6 Å². The fraction of sp³-hybridized carbons (Fsp3) is 0.133. The molecule has 2 nitrogen and oxygen atoms in total. The van der Waals surface area contributed by atoms with Gasteiger partial charge in [0.05, 0.1) is 6.04 Å². The highest BCUT2D eigenvalue weighted by atomic mass is 32.2. The van der Waals surface area contributed by atoms with E-state index in [-0.39, 0.29) is 17.2 Å². The molecule has 0 radical (unpaired) electrons. The molecule has 0 spiro atoms. The second-order valence-electron chi connectivity index (χ2n) is 4.25. The van der Waals surface area contributed by atoms with Gasteiger partial charge in [0.15, 0.2) is 0 Å². The Bertz CT molecular complexity index is 541. The molecular formula is C15H13NOS. The Hall–Kier alpha value is -1.74. The van der Waals surface area contributed by atoms with Crippen molar-refractivity contribution in [2.24, 2.45) is 0 Å². The molecule has 0 unspecified atom stereocenters. The van der Waals surface area contributed by atoms with Gasteiger partial charge in [0.1, 0.15) is 5.25 Å². The fourth-order valence-corrected chi connectivity index (χ4v) is 3.20. The van der Waals surface area contributed by atoms with Crippen LogP contribution in [0.5, 0.6) is 0 Å². The van der Waals surface area contributed by atoms with Crippen molar-refractivity contribution in [1.82, 2.24) is 5.32 Å². The first-order valence-corrected chi connectivity index (χ1v) is 6.79. The van der Waals surface area contributed by atoms with E-state index >= 15 is 0 Å². The summed E-state index contributed by atoms with van der Waals surface area (Å²) in [4.78, 5) is 12.8. The molecule has 1 heterocycles. The van der Waals surface area contributed by atoms with E-state index in [2.05, 4.69) is 17.4 Å². The van der Waals surface area contributed by atoms with Crippen molar-refractivity contribution in [2.45, 2.75) is 16.2 Å². The SMILES string of the molecule is O=C1N[C@@H](c2ccccc2)[C@@H]1Sc1ccccc1. The Morgan fingerprint density at radius 3 is 2.11 bits per heavy atom. The molecule has 1 amide bonds. The number of amides is 1. The van der Waals surface area contributed by atoms with Crippen LogP contribution in [0.1, 0.15) is 11.6 Å². The Balaban J connectivity index is 1.77. The monoisotopic (exact) mass is 255 g/mol. The average Bonchev–Trinajstić information content (AvgIpc) is 2.44. The van der Waals surface area contributed by atoms with E-state index < -0.39 is 0 Å². The third-order valence-electron chi connectivity index (χ3n) is 3.02. The maximum Gasteiger partial charge on any atom is 0.236 e. The maximum absolute atomic E-state index is 11.7. The van der Waals surface area contributed by atoms with Crippen LogP contribution in [-0.4, -0.2) is 11.2 Å². The third kappa shape index (κ3) is 2.14. The third-order valence-corrected chi connectivity index (χ3v) is 4.31. The summed E-state index contributed by atoms with van der Waals surface area (Å²) in [5.41, 5.74) is 1.17. The molecule has 1 fully saturated rings. The summed E-state index contributed by atoms with van der Waals surface area (Å²) in [5.74, 6) is 0.123. The van der Waals surface area contributed by atoms with E-state index in [0.29, 0.717) is 0 Å². The summed E-state index contributed by atoms with van der Waals surface area (Å²) in [5, 5.41) is 2.95. The van der Waals surface area contributed by atoms with Crippen molar-refractivity contribution in [3.8, 4) is 0 Å². The summed E-state index contributed by atoms with van der Waals surface area (Å²) < 4.78 is 0. The molecule has 18 heavy (non-hydrogen) atoms.